The molecule has 7 heteroatoms. The molecule has 2 aromatic heterocycles. The number of halogens is 1. The molecule has 0 aliphatic heterocycles. The minimum atomic E-state index is -0.0453. The Labute approximate surface area is 234 Å². The summed E-state index contributed by atoms with van der Waals surface area (Å²) in [7, 11) is 0. The maximum Gasteiger partial charge on any atom is 0.137 e. The quantitative estimate of drug-likeness (QED) is 0.284. The molecule has 0 amide bonds. The normalized spacial score (nSPS) is 23.1. The average molecular weight is 600 g/mol. The summed E-state index contributed by atoms with van der Waals surface area (Å²) in [6, 6.07) is 14.5. The number of thiophene rings is 2. The lowest BCUT2D eigenvalue weighted by molar-refractivity contribution is -0.124. The van der Waals surface area contributed by atoms with Crippen LogP contribution < -0.4 is 0 Å². The van der Waals surface area contributed by atoms with Crippen LogP contribution in [0.4, 0.5) is 0 Å². The Morgan fingerprint density at radius 2 is 1.30 bits per heavy atom. The minimum Gasteiger partial charge on any atom is -0.300 e. The molecule has 2 heterocycles. The van der Waals surface area contributed by atoms with Crippen LogP contribution in [0.15, 0.2) is 57.7 Å². The highest BCUT2D eigenvalue weighted by Crippen LogP contribution is 2.35. The van der Waals surface area contributed by atoms with Gasteiger partial charge in [0.05, 0.1) is 0 Å². The third-order valence-electron chi connectivity index (χ3n) is 7.37. The molecule has 0 spiro atoms. The second-order valence-electron chi connectivity index (χ2n) is 10.1. The Hall–Kier alpha value is -2.22. The van der Waals surface area contributed by atoms with Crippen LogP contribution in [0.25, 0.3) is 11.1 Å². The Bertz CT molecular complexity index is 1280. The van der Waals surface area contributed by atoms with Crippen LogP contribution in [-0.2, 0) is 32.0 Å². The summed E-state index contributed by atoms with van der Waals surface area (Å²) in [5, 5.41) is 4.17. The average Bonchev–Trinajstić information content (AvgIpc) is 3.65. The summed E-state index contributed by atoms with van der Waals surface area (Å²) in [6.45, 7) is 3.18. The van der Waals surface area contributed by atoms with Crippen LogP contribution in [0.5, 0.6) is 0 Å². The highest BCUT2D eigenvalue weighted by Gasteiger charge is 2.35. The summed E-state index contributed by atoms with van der Waals surface area (Å²) < 4.78 is 1.07. The Morgan fingerprint density at radius 1 is 0.784 bits per heavy atom. The predicted octanol–water partition coefficient (Wildman–Crippen LogP) is 7.38. The largest absolute Gasteiger partial charge is 0.300 e. The number of carbonyl (C=O) groups excluding carboxylic acids is 4. The molecule has 194 valence electrons. The Balaban J connectivity index is 0.000000180. The number of benzene rings is 1. The lowest BCUT2D eigenvalue weighted by atomic mass is 9.98. The van der Waals surface area contributed by atoms with E-state index in [1.54, 1.807) is 36.5 Å². The van der Waals surface area contributed by atoms with E-state index in [4.69, 9.17) is 0 Å². The molecule has 1 aromatic carbocycles. The molecule has 37 heavy (non-hydrogen) atoms. The molecule has 4 atom stereocenters. The van der Waals surface area contributed by atoms with Gasteiger partial charge in [0, 0.05) is 56.1 Å². The standard InChI is InChI=1S/C18H18O2S.C12H13BrO2S/c1-12(19)14-7-15(18(20)10-14)8-17-9-16(11-21-17)13-5-3-2-4-6-13;1-7(14)8-2-9(12(15)4-8)3-11-5-10(13)6-16-11/h2-6,9,11,14-15H,7-8,10H2,1H3;5-6,8-9H,2-4H2,1H3/t14-,15+;8-,9+/m00/s1. The number of hydrogen-bond acceptors (Lipinski definition) is 6. The molecule has 0 bridgehead atoms. The summed E-state index contributed by atoms with van der Waals surface area (Å²) in [4.78, 5) is 48.9. The molecule has 2 fully saturated rings. The fourth-order valence-electron chi connectivity index (χ4n) is 5.17. The van der Waals surface area contributed by atoms with Crippen LogP contribution >= 0.6 is 38.6 Å². The fourth-order valence-corrected chi connectivity index (χ4v) is 7.67. The first-order valence-electron chi connectivity index (χ1n) is 12.6. The van der Waals surface area contributed by atoms with Gasteiger partial charge in [0.2, 0.25) is 0 Å². The van der Waals surface area contributed by atoms with Gasteiger partial charge in [0.25, 0.3) is 0 Å². The van der Waals surface area contributed by atoms with Gasteiger partial charge >= 0.3 is 0 Å². The summed E-state index contributed by atoms with van der Waals surface area (Å²) in [6.07, 6.45) is 3.93. The van der Waals surface area contributed by atoms with E-state index in [2.05, 4.69) is 45.6 Å². The molecule has 0 unspecified atom stereocenters. The zero-order chi connectivity index (χ0) is 26.5. The smallest absolute Gasteiger partial charge is 0.137 e. The second-order valence-corrected chi connectivity index (χ2v) is 13.0. The van der Waals surface area contributed by atoms with E-state index in [0.717, 1.165) is 30.2 Å². The maximum absolute atomic E-state index is 12.0. The maximum atomic E-state index is 12.0. The van der Waals surface area contributed by atoms with Gasteiger partial charge in [0.1, 0.15) is 23.1 Å². The van der Waals surface area contributed by atoms with Crippen LogP contribution in [-0.4, -0.2) is 23.1 Å². The van der Waals surface area contributed by atoms with Gasteiger partial charge in [-0.05, 0) is 84.1 Å². The van der Waals surface area contributed by atoms with E-state index < -0.39 is 0 Å². The third kappa shape index (κ3) is 7.43. The molecule has 2 aliphatic rings. The van der Waals surface area contributed by atoms with Crippen molar-refractivity contribution in [2.45, 2.75) is 52.4 Å². The van der Waals surface area contributed by atoms with E-state index in [9.17, 15) is 19.2 Å². The molecule has 0 N–H and O–H groups in total. The van der Waals surface area contributed by atoms with E-state index in [1.807, 2.05) is 23.6 Å². The topological polar surface area (TPSA) is 68.3 Å². The summed E-state index contributed by atoms with van der Waals surface area (Å²) in [5.74, 6) is 0.831. The van der Waals surface area contributed by atoms with Crippen molar-refractivity contribution in [1.29, 1.82) is 0 Å². The number of rotatable bonds is 7. The first-order valence-corrected chi connectivity index (χ1v) is 15.2. The van der Waals surface area contributed by atoms with E-state index in [-0.39, 0.29) is 46.8 Å². The van der Waals surface area contributed by atoms with E-state index in [1.165, 1.54) is 20.9 Å². The lowest BCUT2D eigenvalue weighted by Crippen LogP contribution is -2.08. The molecule has 2 saturated carbocycles. The van der Waals surface area contributed by atoms with Gasteiger partial charge in [-0.2, -0.15) is 0 Å². The third-order valence-corrected chi connectivity index (χ3v) is 10.1. The first kappa shape index (κ1) is 27.8. The van der Waals surface area contributed by atoms with Gasteiger partial charge in [0.15, 0.2) is 0 Å². The summed E-state index contributed by atoms with van der Waals surface area (Å²) >= 11 is 6.77. The highest BCUT2D eigenvalue weighted by atomic mass is 79.9. The zero-order valence-electron chi connectivity index (χ0n) is 21.1. The van der Waals surface area contributed by atoms with Crippen molar-refractivity contribution < 1.29 is 19.2 Å². The number of hydrogen-bond donors (Lipinski definition) is 0. The fraction of sp³-hybridized carbons (Fsp3) is 0.400. The molecule has 3 aromatic rings. The molecule has 5 rings (SSSR count). The first-order chi connectivity index (χ1) is 17.7. The second kappa shape index (κ2) is 12.5. The van der Waals surface area contributed by atoms with E-state index >= 15 is 0 Å². The Morgan fingerprint density at radius 3 is 1.76 bits per heavy atom. The van der Waals surface area contributed by atoms with E-state index in [0.29, 0.717) is 12.8 Å². The molecule has 2 aliphatic carbocycles. The molecule has 4 nitrogen and oxygen atoms in total. The molecule has 0 saturated heterocycles. The number of ketones is 4. The minimum absolute atomic E-state index is 0.0269. The van der Waals surface area contributed by atoms with Gasteiger partial charge in [-0.25, -0.2) is 0 Å². The van der Waals surface area contributed by atoms with Gasteiger partial charge in [-0.1, -0.05) is 30.3 Å². The number of carbonyl (C=O) groups is 4. The predicted molar refractivity (Wildman–Crippen MR) is 153 cm³/mol. The summed E-state index contributed by atoms with van der Waals surface area (Å²) in [5.41, 5.74) is 2.42. The van der Waals surface area contributed by atoms with Crippen LogP contribution in [0, 0.1) is 23.7 Å². The van der Waals surface area contributed by atoms with Crippen LogP contribution in [0.2, 0.25) is 0 Å². The molecular weight excluding hydrogens is 568 g/mol. The van der Waals surface area contributed by atoms with Crippen LogP contribution in [0.3, 0.4) is 0 Å². The van der Waals surface area contributed by atoms with Crippen molar-refractivity contribution in [2.24, 2.45) is 23.7 Å². The SMILES string of the molecule is CC(=O)[C@@H]1CC(=O)[C@@H](Cc2cc(-c3ccccc3)cs2)C1.CC(=O)[C@@H]1CC(=O)[C@@H](Cc2cc(Br)cs2)C1. The van der Waals surface area contributed by atoms with Gasteiger partial charge < -0.3 is 0 Å². The molecule has 0 radical (unpaired) electrons. The monoisotopic (exact) mass is 598 g/mol. The molecular formula is C30H31BrO4S2. The van der Waals surface area contributed by atoms with Crippen molar-refractivity contribution in [3.63, 3.8) is 0 Å². The van der Waals surface area contributed by atoms with Crippen molar-refractivity contribution in [3.8, 4) is 11.1 Å². The number of Topliss-reactive ketones (excluding diaryl/α,β-unsaturated/α-hetero) is 4. The van der Waals surface area contributed by atoms with Crippen molar-refractivity contribution in [3.05, 3.63) is 67.5 Å². The lowest BCUT2D eigenvalue weighted by Gasteiger charge is -2.06. The zero-order valence-corrected chi connectivity index (χ0v) is 24.3. The van der Waals surface area contributed by atoms with Gasteiger partial charge in [-0.15, -0.1) is 22.7 Å². The van der Waals surface area contributed by atoms with Gasteiger partial charge in [-0.3, -0.25) is 19.2 Å². The van der Waals surface area contributed by atoms with Crippen molar-refractivity contribution in [1.82, 2.24) is 0 Å². The highest BCUT2D eigenvalue weighted by molar-refractivity contribution is 9.10. The Kier molecular flexibility index (Phi) is 9.43. The van der Waals surface area contributed by atoms with Crippen LogP contribution in [0.1, 0.15) is 49.3 Å². The van der Waals surface area contributed by atoms with Crippen molar-refractivity contribution >= 4 is 61.7 Å². The van der Waals surface area contributed by atoms with Crippen molar-refractivity contribution in [2.75, 3.05) is 0 Å².